The molecule has 6 nitrogen and oxygen atoms in total. The normalized spacial score (nSPS) is 34.3. The van der Waals surface area contributed by atoms with E-state index in [0.717, 1.165) is 62.3 Å². The van der Waals surface area contributed by atoms with Gasteiger partial charge in [-0.15, -0.1) is 23.2 Å². The van der Waals surface area contributed by atoms with Gasteiger partial charge in [0.1, 0.15) is 11.2 Å². The van der Waals surface area contributed by atoms with Crippen LogP contribution in [0, 0.1) is 22.0 Å². The molecule has 4 atom stereocenters. The van der Waals surface area contributed by atoms with Crippen molar-refractivity contribution in [2.75, 3.05) is 45.8 Å². The number of rotatable bonds is 4. The maximum atomic E-state index is 12.1. The first kappa shape index (κ1) is 20.8. The van der Waals surface area contributed by atoms with E-state index in [1.807, 2.05) is 0 Å². The molecule has 1 aliphatic carbocycles. The minimum atomic E-state index is -0.786. The number of quaternary nitrogens is 1. The van der Waals surface area contributed by atoms with Crippen LogP contribution in [0.25, 0.3) is 0 Å². The Labute approximate surface area is 170 Å². The summed E-state index contributed by atoms with van der Waals surface area (Å²) >= 11 is 12.5. The van der Waals surface area contributed by atoms with Crippen LogP contribution >= 0.6 is 23.2 Å². The van der Waals surface area contributed by atoms with Gasteiger partial charge >= 0.3 is 0 Å². The molecule has 3 aliphatic rings. The number of halogens is 2. The van der Waals surface area contributed by atoms with Crippen molar-refractivity contribution in [1.82, 2.24) is 4.90 Å². The lowest BCUT2D eigenvalue weighted by Gasteiger charge is -2.49. The van der Waals surface area contributed by atoms with Gasteiger partial charge in [-0.1, -0.05) is 19.9 Å². The first-order chi connectivity index (χ1) is 12.7. The molecule has 2 saturated heterocycles. The van der Waals surface area contributed by atoms with Gasteiger partial charge in [-0.2, -0.15) is 0 Å². The van der Waals surface area contributed by atoms with Crippen molar-refractivity contribution in [2.45, 2.75) is 31.0 Å². The average Bonchev–Trinajstić information content (AvgIpc) is 2.62. The Morgan fingerprint density at radius 1 is 1.15 bits per heavy atom. The quantitative estimate of drug-likeness (QED) is 0.305. The number of alkyl halides is 2. The van der Waals surface area contributed by atoms with E-state index in [1.54, 1.807) is 6.08 Å². The van der Waals surface area contributed by atoms with Crippen LogP contribution in [0.4, 0.5) is 0 Å². The fraction of sp³-hybridized carbons (Fsp3) is 0.737. The van der Waals surface area contributed by atoms with E-state index in [1.165, 1.54) is 6.08 Å². The molecule has 2 fully saturated rings. The fourth-order valence-corrected chi connectivity index (χ4v) is 5.43. The maximum Gasteiger partial charge on any atom is 0.265 e. The lowest BCUT2D eigenvalue weighted by Crippen LogP contribution is -2.66. The third-order valence-electron chi connectivity index (χ3n) is 6.36. The van der Waals surface area contributed by atoms with Crippen LogP contribution in [0.2, 0.25) is 0 Å². The molecular formula is C19H28Cl2N3O3+. The number of nitrogens with zero attached hydrogens (tertiary/aromatic N) is 3. The molecular weight excluding hydrogens is 389 g/mol. The number of Topliss-reactive ketones (excluding diaryl/α,β-unsaturated/α-hetero) is 1. The topological polar surface area (TPSA) is 63.4 Å². The van der Waals surface area contributed by atoms with E-state index in [0.29, 0.717) is 5.78 Å². The summed E-state index contributed by atoms with van der Waals surface area (Å²) in [5, 5.41) is 9.65. The highest BCUT2D eigenvalue weighted by molar-refractivity contribution is 6.32. The van der Waals surface area contributed by atoms with Gasteiger partial charge in [0.2, 0.25) is 0 Å². The number of allylic oxidation sites excluding steroid dienone is 3. The summed E-state index contributed by atoms with van der Waals surface area (Å²) in [5.74, 6) is 0.734. The molecule has 150 valence electrons. The van der Waals surface area contributed by atoms with Gasteiger partial charge in [0.25, 0.3) is 5.70 Å². The lowest BCUT2D eigenvalue weighted by molar-refractivity contribution is -0.938. The first-order valence-electron chi connectivity index (χ1n) is 9.67. The Balaban J connectivity index is 1.53. The molecule has 1 spiro atoms. The molecule has 2 heterocycles. The largest absolute Gasteiger partial charge is 0.320 e. The Hall–Kier alpha value is -0.950. The Morgan fingerprint density at radius 3 is 2.30 bits per heavy atom. The van der Waals surface area contributed by atoms with Crippen molar-refractivity contribution >= 4 is 29.0 Å². The van der Waals surface area contributed by atoms with Gasteiger partial charge in [-0.05, 0) is 12.0 Å². The van der Waals surface area contributed by atoms with Crippen LogP contribution in [0.15, 0.2) is 23.4 Å². The van der Waals surface area contributed by atoms with Crippen molar-refractivity contribution in [3.05, 3.63) is 33.5 Å². The number of hydrogen-bond acceptors (Lipinski definition) is 4. The molecule has 4 unspecified atom stereocenters. The van der Waals surface area contributed by atoms with Crippen molar-refractivity contribution in [3.8, 4) is 0 Å². The maximum absolute atomic E-state index is 12.1. The molecule has 0 saturated carbocycles. The van der Waals surface area contributed by atoms with E-state index >= 15 is 0 Å². The van der Waals surface area contributed by atoms with Crippen molar-refractivity contribution < 1.29 is 14.2 Å². The van der Waals surface area contributed by atoms with Gasteiger partial charge in [0.15, 0.2) is 0 Å². The van der Waals surface area contributed by atoms with Crippen LogP contribution in [0.5, 0.6) is 0 Å². The highest BCUT2D eigenvalue weighted by Gasteiger charge is 2.43. The van der Waals surface area contributed by atoms with E-state index < -0.39 is 15.7 Å². The summed E-state index contributed by atoms with van der Waals surface area (Å²) in [6, 6.07) is 0. The van der Waals surface area contributed by atoms with E-state index in [4.69, 9.17) is 23.2 Å². The molecule has 27 heavy (non-hydrogen) atoms. The summed E-state index contributed by atoms with van der Waals surface area (Å²) < 4.78 is 1.06. The number of piperazine rings is 1. The monoisotopic (exact) mass is 416 g/mol. The van der Waals surface area contributed by atoms with Crippen molar-refractivity contribution in [3.63, 3.8) is 0 Å². The van der Waals surface area contributed by atoms with Gasteiger partial charge in [0.05, 0.1) is 48.3 Å². The second kappa shape index (κ2) is 8.19. The molecule has 0 aromatic heterocycles. The lowest BCUT2D eigenvalue weighted by atomic mass is 9.87. The summed E-state index contributed by atoms with van der Waals surface area (Å²) in [4.78, 5) is 25.1. The average molecular weight is 417 g/mol. The zero-order valence-corrected chi connectivity index (χ0v) is 17.5. The van der Waals surface area contributed by atoms with Crippen LogP contribution in [0.1, 0.15) is 20.3 Å². The van der Waals surface area contributed by atoms with E-state index in [2.05, 4.69) is 18.7 Å². The van der Waals surface area contributed by atoms with Gasteiger partial charge in [-0.3, -0.25) is 19.8 Å². The number of carbonyl (C=O) groups excluding carboxylic acids is 1. The molecule has 0 radical (unpaired) electrons. The van der Waals surface area contributed by atoms with Crippen LogP contribution in [-0.2, 0) is 4.79 Å². The van der Waals surface area contributed by atoms with E-state index in [-0.39, 0.29) is 17.5 Å². The van der Waals surface area contributed by atoms with Gasteiger partial charge in [0, 0.05) is 25.7 Å². The Bertz CT molecular complexity index is 655. The second-order valence-corrected chi connectivity index (χ2v) is 9.28. The molecule has 0 aromatic rings. The molecule has 0 N–H and O–H groups in total. The zero-order valence-electron chi connectivity index (χ0n) is 15.9. The number of nitro groups is 1. The third kappa shape index (κ3) is 4.39. The molecule has 8 heteroatoms. The number of ketones is 1. The highest BCUT2D eigenvalue weighted by atomic mass is 35.5. The number of carbonyl (C=O) groups is 1. The molecule has 3 rings (SSSR count). The standard InChI is InChI=1S/C19H28Cl2N3O3/c1-13-11-24(12-14(2)19(13)25)9-7-22(8-10-24)6-5-15-3-4-16(23(26)27)18(21)17(15)20/h3-4,13-14,17-18H,5-12H2,1-2H3/q+1. The second-order valence-electron chi connectivity index (χ2n) is 8.34. The summed E-state index contributed by atoms with van der Waals surface area (Å²) in [5.41, 5.74) is 0.926. The predicted octanol–water partition coefficient (Wildman–Crippen LogP) is 2.68. The summed E-state index contributed by atoms with van der Waals surface area (Å²) in [6.07, 6.45) is 4.01. The zero-order chi connectivity index (χ0) is 19.8. The van der Waals surface area contributed by atoms with E-state index in [9.17, 15) is 14.9 Å². The number of hydrogen-bond donors (Lipinski definition) is 0. The number of piperidine rings is 1. The van der Waals surface area contributed by atoms with Gasteiger partial charge in [-0.25, -0.2) is 0 Å². The minimum Gasteiger partial charge on any atom is -0.320 e. The summed E-state index contributed by atoms with van der Waals surface area (Å²) in [6.45, 7) is 11.1. The molecule has 0 bridgehead atoms. The smallest absolute Gasteiger partial charge is 0.265 e. The first-order valence-corrected chi connectivity index (χ1v) is 10.5. The predicted molar refractivity (Wildman–Crippen MR) is 107 cm³/mol. The van der Waals surface area contributed by atoms with Crippen LogP contribution in [0.3, 0.4) is 0 Å². The minimum absolute atomic E-state index is 0.0345. The Morgan fingerprint density at radius 2 is 1.74 bits per heavy atom. The highest BCUT2D eigenvalue weighted by Crippen LogP contribution is 2.32. The SMILES string of the molecule is CC1C[N+]2(CCN(CCC3=CC=C([N+](=O)[O-])C(Cl)C3Cl)CC2)CC(C)C1=O. The Kier molecular flexibility index (Phi) is 6.31. The molecule has 0 aromatic carbocycles. The van der Waals surface area contributed by atoms with Crippen molar-refractivity contribution in [1.29, 1.82) is 0 Å². The van der Waals surface area contributed by atoms with Gasteiger partial charge < -0.3 is 4.48 Å². The molecule has 0 amide bonds. The molecule has 2 aliphatic heterocycles. The van der Waals surface area contributed by atoms with Crippen molar-refractivity contribution in [2.24, 2.45) is 11.8 Å². The third-order valence-corrected chi connectivity index (χ3v) is 7.50. The van der Waals surface area contributed by atoms with Crippen LogP contribution in [-0.4, -0.2) is 76.7 Å². The van der Waals surface area contributed by atoms with Crippen LogP contribution < -0.4 is 0 Å². The summed E-state index contributed by atoms with van der Waals surface area (Å²) in [7, 11) is 0. The fourth-order valence-electron chi connectivity index (χ4n) is 4.81.